The molecule has 196 valence electrons. The quantitative estimate of drug-likeness (QED) is 0.248. The van der Waals surface area contributed by atoms with Gasteiger partial charge in [0.15, 0.2) is 0 Å². The van der Waals surface area contributed by atoms with Gasteiger partial charge in [0.25, 0.3) is 0 Å². The summed E-state index contributed by atoms with van der Waals surface area (Å²) >= 11 is 0. The molecule has 2 aromatic rings. The molecule has 5 rings (SSSR count). The summed E-state index contributed by atoms with van der Waals surface area (Å²) in [5.41, 5.74) is 2.04. The Morgan fingerprint density at radius 1 is 1.19 bits per heavy atom. The van der Waals surface area contributed by atoms with Gasteiger partial charge < -0.3 is 24.1 Å². The Kier molecular flexibility index (Phi) is 6.48. The van der Waals surface area contributed by atoms with Crippen molar-refractivity contribution in [1.29, 1.82) is 5.41 Å². The van der Waals surface area contributed by atoms with Crippen LogP contribution in [0.1, 0.15) is 26.3 Å². The van der Waals surface area contributed by atoms with Crippen molar-refractivity contribution in [3.05, 3.63) is 53.2 Å². The molecule has 0 aromatic heterocycles. The lowest BCUT2D eigenvalue weighted by Crippen LogP contribution is -2.62. The fourth-order valence-corrected chi connectivity index (χ4v) is 6.45. The Morgan fingerprint density at radius 3 is 2.51 bits per heavy atom. The predicted molar refractivity (Wildman–Crippen MR) is 142 cm³/mol. The maximum atomic E-state index is 12.8. The van der Waals surface area contributed by atoms with Gasteiger partial charge in [-0.05, 0) is 17.4 Å². The van der Waals surface area contributed by atoms with E-state index in [2.05, 4.69) is 36.2 Å². The normalized spacial score (nSPS) is 24.9. The number of aliphatic carboxylic acids is 1. The molecule has 0 bridgehead atoms. The molecule has 2 N–H and O–H groups in total. The fourth-order valence-electron chi connectivity index (χ4n) is 6.45. The van der Waals surface area contributed by atoms with E-state index in [4.69, 9.17) is 10.1 Å². The van der Waals surface area contributed by atoms with Gasteiger partial charge in [-0.15, -0.1) is 0 Å². The van der Waals surface area contributed by atoms with Crippen LogP contribution in [-0.4, -0.2) is 83.5 Å². The Balaban J connectivity index is 1.39. The second-order valence-corrected chi connectivity index (χ2v) is 11.4. The van der Waals surface area contributed by atoms with Crippen molar-refractivity contribution in [2.45, 2.75) is 33.4 Å². The van der Waals surface area contributed by atoms with E-state index >= 15 is 0 Å². The molecule has 37 heavy (non-hydrogen) atoms. The van der Waals surface area contributed by atoms with Gasteiger partial charge in [0, 0.05) is 22.4 Å². The van der Waals surface area contributed by atoms with Crippen LogP contribution in [-0.2, 0) is 16.1 Å². The number of hydrogen-bond donors (Lipinski definition) is 2. The highest BCUT2D eigenvalue weighted by Gasteiger charge is 2.59. The van der Waals surface area contributed by atoms with Crippen LogP contribution in [0, 0.1) is 23.2 Å². The average molecular weight is 506 g/mol. The standard InChI is InChI=1S/C29H36N4O4/c1-18(2)25-26-19(3)23(27(29(35)36)32(26)28(25)34)16-37-24-10-6-8-21-20(7-5-9-22(21)24)15-33(4)13-11-31(17-30)12-14-33/h5-10,17-19,25-26,30H,11-16H2,1-4H3/p+1/t19-,25+,26+/m0/s1. The molecule has 3 heterocycles. The first-order chi connectivity index (χ1) is 17.6. The number of carbonyl (C=O) groups excluding carboxylic acids is 1. The number of piperazine rings is 1. The summed E-state index contributed by atoms with van der Waals surface area (Å²) < 4.78 is 7.23. The zero-order valence-corrected chi connectivity index (χ0v) is 22.1. The molecule has 0 saturated carbocycles. The van der Waals surface area contributed by atoms with Gasteiger partial charge in [0.2, 0.25) is 5.91 Å². The van der Waals surface area contributed by atoms with Crippen molar-refractivity contribution in [3.8, 4) is 5.75 Å². The van der Waals surface area contributed by atoms with Gasteiger partial charge in [-0.1, -0.05) is 51.1 Å². The van der Waals surface area contributed by atoms with Gasteiger partial charge in [-0.25, -0.2) is 4.79 Å². The van der Waals surface area contributed by atoms with Crippen LogP contribution in [0.25, 0.3) is 10.8 Å². The van der Waals surface area contributed by atoms with Crippen molar-refractivity contribution in [2.75, 3.05) is 39.8 Å². The molecule has 8 nitrogen and oxygen atoms in total. The van der Waals surface area contributed by atoms with Crippen molar-refractivity contribution in [1.82, 2.24) is 9.80 Å². The Labute approximate surface area is 218 Å². The summed E-state index contributed by atoms with van der Waals surface area (Å²) in [5.74, 6) is -0.476. The number of rotatable bonds is 8. The number of β-lactam (4-membered cyclic amide) rings is 1. The zero-order chi connectivity index (χ0) is 26.5. The average Bonchev–Trinajstić information content (AvgIpc) is 3.11. The molecule has 2 fully saturated rings. The number of fused-ring (bicyclic) bond motifs is 2. The number of quaternary nitrogens is 1. The highest BCUT2D eigenvalue weighted by molar-refractivity contribution is 6.00. The first kappa shape index (κ1) is 25.3. The molecule has 8 heteroatoms. The minimum atomic E-state index is -1.07. The number of hydrogen-bond acceptors (Lipinski definition) is 4. The number of amides is 1. The summed E-state index contributed by atoms with van der Waals surface area (Å²) in [6.45, 7) is 10.8. The summed E-state index contributed by atoms with van der Waals surface area (Å²) in [5, 5.41) is 19.6. The Hall–Kier alpha value is -3.39. The van der Waals surface area contributed by atoms with E-state index in [0.29, 0.717) is 5.57 Å². The Bertz CT molecular complexity index is 1280. The number of carboxylic acid groups (broad SMARTS) is 1. The number of ether oxygens (including phenoxy) is 1. The van der Waals surface area contributed by atoms with E-state index in [9.17, 15) is 14.7 Å². The van der Waals surface area contributed by atoms with Crippen molar-refractivity contribution >= 4 is 29.0 Å². The number of nitrogens with one attached hydrogen (secondary N) is 1. The third kappa shape index (κ3) is 4.27. The first-order valence-electron chi connectivity index (χ1n) is 13.2. The highest BCUT2D eigenvalue weighted by Crippen LogP contribution is 2.48. The number of carbonyl (C=O) groups is 2. The third-order valence-corrected chi connectivity index (χ3v) is 8.66. The maximum absolute atomic E-state index is 12.8. The predicted octanol–water partition coefficient (Wildman–Crippen LogP) is 3.56. The second-order valence-electron chi connectivity index (χ2n) is 11.4. The maximum Gasteiger partial charge on any atom is 0.352 e. The first-order valence-corrected chi connectivity index (χ1v) is 13.2. The number of likely N-dealkylation sites (N-methyl/N-ethyl adjacent to an activating group) is 1. The van der Waals surface area contributed by atoms with E-state index in [1.807, 2.05) is 32.9 Å². The van der Waals surface area contributed by atoms with Crippen LogP contribution in [0.2, 0.25) is 0 Å². The monoisotopic (exact) mass is 505 g/mol. The molecule has 3 atom stereocenters. The summed E-state index contributed by atoms with van der Waals surface area (Å²) in [4.78, 5) is 28.5. The molecule has 2 saturated heterocycles. The SMILES string of the molecule is CC(C)[C@H]1C(=O)N2C(C(=O)O)=C(COc3cccc4c(C[N+]5(C)CCN(C=N)CC5)cccc34)[C@H](C)[C@H]12. The van der Waals surface area contributed by atoms with Gasteiger partial charge in [0.05, 0.1) is 51.5 Å². The summed E-state index contributed by atoms with van der Waals surface area (Å²) in [6.07, 6.45) is 1.43. The third-order valence-electron chi connectivity index (χ3n) is 8.66. The van der Waals surface area contributed by atoms with Crippen molar-refractivity contribution in [2.24, 2.45) is 17.8 Å². The van der Waals surface area contributed by atoms with Crippen molar-refractivity contribution in [3.63, 3.8) is 0 Å². The van der Waals surface area contributed by atoms with E-state index in [-0.39, 0.29) is 42.0 Å². The largest absolute Gasteiger partial charge is 0.488 e. The molecule has 2 aromatic carbocycles. The molecule has 1 amide bonds. The molecular weight excluding hydrogens is 468 g/mol. The minimum absolute atomic E-state index is 0.0641. The van der Waals surface area contributed by atoms with E-state index in [1.165, 1.54) is 16.8 Å². The van der Waals surface area contributed by atoms with E-state index in [0.717, 1.165) is 53.7 Å². The second kappa shape index (κ2) is 9.49. The van der Waals surface area contributed by atoms with Gasteiger partial charge in [-0.3, -0.25) is 10.2 Å². The summed E-state index contributed by atoms with van der Waals surface area (Å²) in [7, 11) is 2.28. The minimum Gasteiger partial charge on any atom is -0.488 e. The Morgan fingerprint density at radius 2 is 1.86 bits per heavy atom. The molecule has 0 unspecified atom stereocenters. The fraction of sp³-hybridized carbons (Fsp3) is 0.483. The molecule has 0 aliphatic carbocycles. The van der Waals surface area contributed by atoms with Gasteiger partial charge in [-0.2, -0.15) is 0 Å². The smallest absolute Gasteiger partial charge is 0.352 e. The topological polar surface area (TPSA) is 93.9 Å². The molecule has 0 spiro atoms. The number of carboxylic acids is 1. The van der Waals surface area contributed by atoms with Crippen LogP contribution in [0.15, 0.2) is 47.7 Å². The van der Waals surface area contributed by atoms with Gasteiger partial charge in [0.1, 0.15) is 24.6 Å². The van der Waals surface area contributed by atoms with Gasteiger partial charge >= 0.3 is 5.97 Å². The number of nitrogens with zero attached hydrogens (tertiary/aromatic N) is 3. The van der Waals surface area contributed by atoms with E-state index < -0.39 is 5.97 Å². The lowest BCUT2D eigenvalue weighted by Gasteiger charge is -2.47. The number of benzene rings is 2. The lowest BCUT2D eigenvalue weighted by molar-refractivity contribution is -0.925. The van der Waals surface area contributed by atoms with Crippen LogP contribution >= 0.6 is 0 Å². The van der Waals surface area contributed by atoms with E-state index in [1.54, 1.807) is 0 Å². The van der Waals surface area contributed by atoms with Crippen LogP contribution in [0.5, 0.6) is 5.75 Å². The highest BCUT2D eigenvalue weighted by atomic mass is 16.5. The lowest BCUT2D eigenvalue weighted by atomic mass is 9.74. The molecule has 3 aliphatic heterocycles. The zero-order valence-electron chi connectivity index (χ0n) is 22.1. The summed E-state index contributed by atoms with van der Waals surface area (Å²) in [6, 6.07) is 12.2. The van der Waals surface area contributed by atoms with Crippen molar-refractivity contribution < 1.29 is 23.9 Å². The van der Waals surface area contributed by atoms with Crippen LogP contribution in [0.3, 0.4) is 0 Å². The van der Waals surface area contributed by atoms with Crippen LogP contribution in [0.4, 0.5) is 0 Å². The molecular formula is C29H37N4O4+. The molecule has 3 aliphatic rings. The van der Waals surface area contributed by atoms with Crippen LogP contribution < -0.4 is 4.74 Å². The molecule has 0 radical (unpaired) electrons.